The van der Waals surface area contributed by atoms with Gasteiger partial charge in [-0.15, -0.1) is 0 Å². The smallest absolute Gasteiger partial charge is 0.142 e. The standard InChI is InChI=1S/C18H28O2.C3H4O/c1-14-5-8-16(9-6-14)18-10-7-15(13-19)12-17(18)4-3-11-20-2;1-2-3-4/h7,10,12,14,16,19H,3-6,8-9,11,13H2,1-2H3;2-3H,1H2. The molecule has 1 aromatic carbocycles. The molecule has 0 saturated heterocycles. The minimum Gasteiger partial charge on any atom is -0.392 e. The molecule has 24 heavy (non-hydrogen) atoms. The molecule has 3 heteroatoms. The molecule has 3 nitrogen and oxygen atoms in total. The molecule has 0 bridgehead atoms. The van der Waals surface area contributed by atoms with Crippen molar-refractivity contribution in [3.8, 4) is 0 Å². The molecule has 1 N–H and O–H groups in total. The van der Waals surface area contributed by atoms with Crippen molar-refractivity contribution in [2.75, 3.05) is 13.7 Å². The summed E-state index contributed by atoms with van der Waals surface area (Å²) in [4.78, 5) is 9.06. The van der Waals surface area contributed by atoms with E-state index in [9.17, 15) is 5.11 Å². The second-order valence-electron chi connectivity index (χ2n) is 6.62. The Morgan fingerprint density at radius 1 is 1.29 bits per heavy atom. The van der Waals surface area contributed by atoms with Gasteiger partial charge in [-0.1, -0.05) is 44.5 Å². The highest BCUT2D eigenvalue weighted by atomic mass is 16.5. The van der Waals surface area contributed by atoms with Gasteiger partial charge in [0.05, 0.1) is 6.61 Å². The lowest BCUT2D eigenvalue weighted by atomic mass is 9.77. The summed E-state index contributed by atoms with van der Waals surface area (Å²) in [6, 6.07) is 6.55. The Morgan fingerprint density at radius 3 is 2.50 bits per heavy atom. The summed E-state index contributed by atoms with van der Waals surface area (Å²) >= 11 is 0. The Balaban J connectivity index is 0.000000648. The van der Waals surface area contributed by atoms with Crippen LogP contribution in [0.3, 0.4) is 0 Å². The fraction of sp³-hybridized carbons (Fsp3) is 0.571. The number of methoxy groups -OCH3 is 1. The van der Waals surface area contributed by atoms with Gasteiger partial charge in [-0.05, 0) is 60.3 Å². The normalized spacial score (nSPS) is 20.0. The van der Waals surface area contributed by atoms with Crippen LogP contribution in [0.5, 0.6) is 0 Å². The molecule has 0 amide bonds. The lowest BCUT2D eigenvalue weighted by Crippen LogP contribution is -2.13. The van der Waals surface area contributed by atoms with Crippen molar-refractivity contribution in [2.24, 2.45) is 5.92 Å². The Kier molecular flexibility index (Phi) is 10.3. The van der Waals surface area contributed by atoms with Crippen LogP contribution in [0, 0.1) is 5.92 Å². The molecule has 0 aromatic heterocycles. The summed E-state index contributed by atoms with van der Waals surface area (Å²) in [6.45, 7) is 6.42. The minimum atomic E-state index is 0.138. The van der Waals surface area contributed by atoms with Gasteiger partial charge in [0.2, 0.25) is 0 Å². The fourth-order valence-corrected chi connectivity index (χ4v) is 3.35. The van der Waals surface area contributed by atoms with Crippen molar-refractivity contribution in [3.63, 3.8) is 0 Å². The van der Waals surface area contributed by atoms with Crippen LogP contribution in [0.4, 0.5) is 0 Å². The van der Waals surface area contributed by atoms with Crippen LogP contribution in [0.15, 0.2) is 30.9 Å². The molecule has 1 aliphatic carbocycles. The summed E-state index contributed by atoms with van der Waals surface area (Å²) in [7, 11) is 1.76. The number of benzene rings is 1. The van der Waals surface area contributed by atoms with Gasteiger partial charge in [0.1, 0.15) is 6.29 Å². The Bertz CT molecular complexity index is 482. The van der Waals surface area contributed by atoms with E-state index in [0.717, 1.165) is 36.8 Å². The molecule has 1 saturated carbocycles. The zero-order chi connectivity index (χ0) is 17.8. The van der Waals surface area contributed by atoms with Crippen molar-refractivity contribution in [2.45, 2.75) is 58.0 Å². The third-order valence-electron chi connectivity index (χ3n) is 4.74. The van der Waals surface area contributed by atoms with Crippen molar-refractivity contribution >= 4 is 6.29 Å². The summed E-state index contributed by atoms with van der Waals surface area (Å²) in [5.41, 5.74) is 3.98. The van der Waals surface area contributed by atoms with Crippen LogP contribution in [0.2, 0.25) is 0 Å². The molecule has 0 unspecified atom stereocenters. The molecule has 2 rings (SSSR count). The van der Waals surface area contributed by atoms with Crippen molar-refractivity contribution < 1.29 is 14.6 Å². The summed E-state index contributed by atoms with van der Waals surface area (Å²) < 4.78 is 5.17. The van der Waals surface area contributed by atoms with Crippen molar-refractivity contribution in [1.82, 2.24) is 0 Å². The topological polar surface area (TPSA) is 46.5 Å². The molecule has 134 valence electrons. The summed E-state index contributed by atoms with van der Waals surface area (Å²) in [5, 5.41) is 9.34. The second-order valence-corrected chi connectivity index (χ2v) is 6.62. The highest BCUT2D eigenvalue weighted by Gasteiger charge is 2.21. The van der Waals surface area contributed by atoms with E-state index in [1.807, 2.05) is 0 Å². The number of carbonyl (C=O) groups excluding carboxylic acids is 1. The van der Waals surface area contributed by atoms with Gasteiger partial charge in [0, 0.05) is 13.7 Å². The van der Waals surface area contributed by atoms with Gasteiger partial charge in [-0.25, -0.2) is 0 Å². The molecule has 1 aliphatic rings. The summed E-state index contributed by atoms with van der Waals surface area (Å²) in [6.07, 6.45) is 9.28. The number of aliphatic hydroxyl groups excluding tert-OH is 1. The number of aryl methyl sites for hydroxylation is 1. The van der Waals surface area contributed by atoms with Crippen LogP contribution in [-0.4, -0.2) is 25.1 Å². The monoisotopic (exact) mass is 332 g/mol. The Labute approximate surface area is 146 Å². The maximum absolute atomic E-state index is 9.34. The average molecular weight is 332 g/mol. The molecular formula is C21H32O3. The molecule has 1 aromatic rings. The predicted octanol–water partition coefficient (Wildman–Crippen LogP) is 4.42. The van der Waals surface area contributed by atoms with Gasteiger partial charge < -0.3 is 9.84 Å². The van der Waals surface area contributed by atoms with Crippen molar-refractivity contribution in [1.29, 1.82) is 0 Å². The van der Waals surface area contributed by atoms with Gasteiger partial charge in [0.15, 0.2) is 0 Å². The number of allylic oxidation sites excluding steroid dienone is 1. The number of aldehydes is 1. The van der Waals surface area contributed by atoms with E-state index >= 15 is 0 Å². The predicted molar refractivity (Wildman–Crippen MR) is 99.2 cm³/mol. The molecule has 1 fully saturated rings. The van der Waals surface area contributed by atoms with E-state index in [1.165, 1.54) is 42.9 Å². The fourth-order valence-electron chi connectivity index (χ4n) is 3.35. The van der Waals surface area contributed by atoms with Crippen LogP contribution in [0.25, 0.3) is 0 Å². The van der Waals surface area contributed by atoms with E-state index in [4.69, 9.17) is 9.53 Å². The number of aliphatic hydroxyl groups is 1. The maximum atomic E-state index is 9.34. The Morgan fingerprint density at radius 2 is 1.96 bits per heavy atom. The van der Waals surface area contributed by atoms with Gasteiger partial charge >= 0.3 is 0 Å². The first-order valence-corrected chi connectivity index (χ1v) is 8.93. The number of hydrogen-bond donors (Lipinski definition) is 1. The van der Waals surface area contributed by atoms with E-state index in [1.54, 1.807) is 7.11 Å². The van der Waals surface area contributed by atoms with Gasteiger partial charge in [0.25, 0.3) is 0 Å². The maximum Gasteiger partial charge on any atom is 0.142 e. The van der Waals surface area contributed by atoms with Crippen LogP contribution < -0.4 is 0 Å². The third kappa shape index (κ3) is 6.98. The van der Waals surface area contributed by atoms with E-state index < -0.39 is 0 Å². The minimum absolute atomic E-state index is 0.138. The van der Waals surface area contributed by atoms with Crippen LogP contribution >= 0.6 is 0 Å². The summed E-state index contributed by atoms with van der Waals surface area (Å²) in [5.74, 6) is 1.61. The highest BCUT2D eigenvalue weighted by molar-refractivity contribution is 5.63. The van der Waals surface area contributed by atoms with E-state index in [2.05, 4.69) is 31.7 Å². The zero-order valence-electron chi connectivity index (χ0n) is 15.2. The molecule has 0 heterocycles. The first-order chi connectivity index (χ1) is 11.7. The lowest BCUT2D eigenvalue weighted by molar-refractivity contribution is -0.104. The quantitative estimate of drug-likeness (QED) is 0.457. The van der Waals surface area contributed by atoms with Crippen LogP contribution in [-0.2, 0) is 22.6 Å². The lowest BCUT2D eigenvalue weighted by Gasteiger charge is -2.28. The largest absolute Gasteiger partial charge is 0.392 e. The van der Waals surface area contributed by atoms with E-state index in [-0.39, 0.29) is 6.61 Å². The molecule has 0 spiro atoms. The molecular weight excluding hydrogens is 300 g/mol. The first-order valence-electron chi connectivity index (χ1n) is 8.93. The average Bonchev–Trinajstić information content (AvgIpc) is 2.63. The van der Waals surface area contributed by atoms with Gasteiger partial charge in [-0.3, -0.25) is 4.79 Å². The number of carbonyl (C=O) groups is 1. The highest BCUT2D eigenvalue weighted by Crippen LogP contribution is 2.37. The van der Waals surface area contributed by atoms with Crippen LogP contribution in [0.1, 0.15) is 61.6 Å². The Hall–Kier alpha value is -1.45. The first kappa shape index (κ1) is 20.6. The third-order valence-corrected chi connectivity index (χ3v) is 4.74. The molecule has 0 atom stereocenters. The number of rotatable bonds is 7. The zero-order valence-corrected chi connectivity index (χ0v) is 15.2. The molecule has 0 radical (unpaired) electrons. The number of hydrogen-bond acceptors (Lipinski definition) is 3. The van der Waals surface area contributed by atoms with Gasteiger partial charge in [-0.2, -0.15) is 0 Å². The molecule has 0 aliphatic heterocycles. The van der Waals surface area contributed by atoms with Crippen molar-refractivity contribution in [3.05, 3.63) is 47.5 Å². The number of ether oxygens (including phenoxy) is 1. The van der Waals surface area contributed by atoms with E-state index in [0.29, 0.717) is 6.29 Å². The second kappa shape index (κ2) is 12.0. The SMILES string of the molecule is C=CC=O.COCCCc1cc(CO)ccc1C1CCC(C)CC1.